The maximum Gasteiger partial charge on any atom is 0.389 e. The number of amides is 1. The number of carbonyl (C=O) groups is 1. The number of halogens is 3. The number of nitrogens with one attached hydrogen (secondary N) is 2. The fraction of sp³-hybridized carbons (Fsp3) is 0.909. The monoisotopic (exact) mass is 252 g/mol. The van der Waals surface area contributed by atoms with Crippen LogP contribution in [0, 0.1) is 0 Å². The Morgan fingerprint density at radius 3 is 2.47 bits per heavy atom. The summed E-state index contributed by atoms with van der Waals surface area (Å²) in [7, 11) is 0. The summed E-state index contributed by atoms with van der Waals surface area (Å²) in [5.41, 5.74) is 0. The van der Waals surface area contributed by atoms with E-state index in [2.05, 4.69) is 10.6 Å². The van der Waals surface area contributed by atoms with E-state index in [1.54, 1.807) is 0 Å². The molecule has 0 aromatic rings. The Hall–Kier alpha value is -0.780. The molecule has 1 aliphatic rings. The van der Waals surface area contributed by atoms with Gasteiger partial charge in [-0.15, -0.1) is 0 Å². The van der Waals surface area contributed by atoms with Crippen molar-refractivity contribution in [1.29, 1.82) is 0 Å². The van der Waals surface area contributed by atoms with Crippen molar-refractivity contribution >= 4 is 5.91 Å². The van der Waals surface area contributed by atoms with Gasteiger partial charge in [-0.2, -0.15) is 13.2 Å². The lowest BCUT2D eigenvalue weighted by Gasteiger charge is -2.07. The molecule has 0 heterocycles. The average Bonchev–Trinajstić information content (AvgIpc) is 2.99. The van der Waals surface area contributed by atoms with Crippen LogP contribution < -0.4 is 10.6 Å². The molecule has 100 valence electrons. The molecule has 1 saturated carbocycles. The van der Waals surface area contributed by atoms with Crippen LogP contribution in [-0.2, 0) is 4.79 Å². The molecule has 0 atom stereocenters. The minimum atomic E-state index is -4.09. The first-order valence-electron chi connectivity index (χ1n) is 6.04. The molecule has 0 unspecified atom stereocenters. The molecule has 0 aromatic carbocycles. The summed E-state index contributed by atoms with van der Waals surface area (Å²) in [6.45, 7) is 0.984. The zero-order valence-electron chi connectivity index (χ0n) is 9.78. The second kappa shape index (κ2) is 6.83. The van der Waals surface area contributed by atoms with Crippen molar-refractivity contribution in [2.24, 2.45) is 0 Å². The minimum Gasteiger partial charge on any atom is -0.356 e. The molecule has 0 radical (unpaired) electrons. The molecule has 3 nitrogen and oxygen atoms in total. The molecule has 0 aliphatic heterocycles. The second-order valence-corrected chi connectivity index (χ2v) is 4.40. The minimum absolute atomic E-state index is 0.0735. The van der Waals surface area contributed by atoms with Gasteiger partial charge in [-0.1, -0.05) is 0 Å². The van der Waals surface area contributed by atoms with Crippen LogP contribution in [0.3, 0.4) is 0 Å². The van der Waals surface area contributed by atoms with E-state index in [9.17, 15) is 18.0 Å². The van der Waals surface area contributed by atoms with Gasteiger partial charge in [-0.05, 0) is 25.7 Å². The smallest absolute Gasteiger partial charge is 0.356 e. The van der Waals surface area contributed by atoms with Gasteiger partial charge in [0.05, 0.1) is 0 Å². The quantitative estimate of drug-likeness (QED) is 0.648. The fourth-order valence-corrected chi connectivity index (χ4v) is 1.44. The topological polar surface area (TPSA) is 41.1 Å². The fourth-order valence-electron chi connectivity index (χ4n) is 1.44. The number of carbonyl (C=O) groups excluding carboxylic acids is 1. The summed E-state index contributed by atoms with van der Waals surface area (Å²) in [5, 5.41) is 5.82. The Balaban J connectivity index is 1.85. The summed E-state index contributed by atoms with van der Waals surface area (Å²) in [6.07, 6.45) is -1.65. The summed E-state index contributed by atoms with van der Waals surface area (Å²) >= 11 is 0. The number of hydrogen-bond acceptors (Lipinski definition) is 2. The molecule has 17 heavy (non-hydrogen) atoms. The molecule has 1 rings (SSSR count). The highest BCUT2D eigenvalue weighted by Crippen LogP contribution is 2.21. The first-order chi connectivity index (χ1) is 7.97. The average molecular weight is 252 g/mol. The summed E-state index contributed by atoms with van der Waals surface area (Å²) in [4.78, 5) is 11.2. The molecule has 0 aromatic heterocycles. The summed E-state index contributed by atoms with van der Waals surface area (Å²) in [5.74, 6) is -0.0924. The molecule has 1 amide bonds. The lowest BCUT2D eigenvalue weighted by molar-refractivity contribution is -0.135. The third-order valence-electron chi connectivity index (χ3n) is 2.57. The molecular weight excluding hydrogens is 233 g/mol. The van der Waals surface area contributed by atoms with E-state index < -0.39 is 12.6 Å². The van der Waals surface area contributed by atoms with Gasteiger partial charge in [0.2, 0.25) is 5.91 Å². The molecule has 6 heteroatoms. The number of alkyl halides is 3. The van der Waals surface area contributed by atoms with E-state index >= 15 is 0 Å². The molecule has 1 aliphatic carbocycles. The van der Waals surface area contributed by atoms with E-state index in [0.717, 1.165) is 0 Å². The van der Waals surface area contributed by atoms with Crippen molar-refractivity contribution in [2.45, 2.75) is 50.7 Å². The SMILES string of the molecule is O=C(CCNC1CC1)NCCCCC(F)(F)F. The van der Waals surface area contributed by atoms with Crippen molar-refractivity contribution in [2.75, 3.05) is 13.1 Å². The van der Waals surface area contributed by atoms with Crippen molar-refractivity contribution in [3.8, 4) is 0 Å². The summed E-state index contributed by atoms with van der Waals surface area (Å²) < 4.78 is 35.4. The molecule has 0 spiro atoms. The Morgan fingerprint density at radius 2 is 1.88 bits per heavy atom. The maximum atomic E-state index is 11.8. The van der Waals surface area contributed by atoms with Gasteiger partial charge in [-0.25, -0.2) is 0 Å². The highest BCUT2D eigenvalue weighted by atomic mass is 19.4. The standard InChI is InChI=1S/C11H19F3N2O/c12-11(13,14)6-1-2-7-16-10(17)5-8-15-9-3-4-9/h9,15H,1-8H2,(H,16,17). The van der Waals surface area contributed by atoms with Gasteiger partial charge in [0.25, 0.3) is 0 Å². The van der Waals surface area contributed by atoms with Crippen LogP contribution in [0.25, 0.3) is 0 Å². The molecule has 0 saturated heterocycles. The van der Waals surface area contributed by atoms with Crippen LogP contribution in [-0.4, -0.2) is 31.2 Å². The van der Waals surface area contributed by atoms with Crippen molar-refractivity contribution < 1.29 is 18.0 Å². The summed E-state index contributed by atoms with van der Waals surface area (Å²) in [6, 6.07) is 0.578. The Bertz CT molecular complexity index is 239. The van der Waals surface area contributed by atoms with E-state index in [0.29, 0.717) is 32.0 Å². The van der Waals surface area contributed by atoms with Gasteiger partial charge in [-0.3, -0.25) is 4.79 Å². The Labute approximate surface area is 99.1 Å². The molecule has 0 bridgehead atoms. The van der Waals surface area contributed by atoms with E-state index in [4.69, 9.17) is 0 Å². The number of rotatable bonds is 8. The second-order valence-electron chi connectivity index (χ2n) is 4.40. The third-order valence-corrected chi connectivity index (χ3v) is 2.57. The van der Waals surface area contributed by atoms with E-state index in [1.807, 2.05) is 0 Å². The van der Waals surface area contributed by atoms with Crippen LogP contribution in [0.1, 0.15) is 38.5 Å². The Kier molecular flexibility index (Phi) is 5.74. The number of hydrogen-bond donors (Lipinski definition) is 2. The third kappa shape index (κ3) is 8.97. The lowest BCUT2D eigenvalue weighted by atomic mass is 10.2. The first kappa shape index (κ1) is 14.3. The van der Waals surface area contributed by atoms with Crippen LogP contribution in [0.2, 0.25) is 0 Å². The van der Waals surface area contributed by atoms with Crippen LogP contribution in [0.5, 0.6) is 0 Å². The van der Waals surface area contributed by atoms with Gasteiger partial charge >= 0.3 is 6.18 Å². The van der Waals surface area contributed by atoms with Gasteiger partial charge in [0.1, 0.15) is 0 Å². The van der Waals surface area contributed by atoms with E-state index in [-0.39, 0.29) is 12.3 Å². The van der Waals surface area contributed by atoms with Crippen molar-refractivity contribution in [3.63, 3.8) is 0 Å². The van der Waals surface area contributed by atoms with Crippen molar-refractivity contribution in [1.82, 2.24) is 10.6 Å². The Morgan fingerprint density at radius 1 is 1.18 bits per heavy atom. The zero-order valence-corrected chi connectivity index (χ0v) is 9.78. The zero-order chi connectivity index (χ0) is 12.7. The van der Waals surface area contributed by atoms with Crippen LogP contribution in [0.15, 0.2) is 0 Å². The van der Waals surface area contributed by atoms with Gasteiger partial charge in [0, 0.05) is 32.0 Å². The first-order valence-corrected chi connectivity index (χ1v) is 6.04. The van der Waals surface area contributed by atoms with Crippen LogP contribution >= 0.6 is 0 Å². The van der Waals surface area contributed by atoms with Gasteiger partial charge in [0.15, 0.2) is 0 Å². The lowest BCUT2D eigenvalue weighted by Crippen LogP contribution is -2.29. The predicted octanol–water partition coefficient (Wildman–Crippen LogP) is 1.98. The van der Waals surface area contributed by atoms with E-state index in [1.165, 1.54) is 12.8 Å². The van der Waals surface area contributed by atoms with Crippen molar-refractivity contribution in [3.05, 3.63) is 0 Å². The maximum absolute atomic E-state index is 11.8. The largest absolute Gasteiger partial charge is 0.389 e. The highest BCUT2D eigenvalue weighted by molar-refractivity contribution is 5.75. The predicted molar refractivity (Wildman–Crippen MR) is 58.6 cm³/mol. The molecule has 1 fully saturated rings. The highest BCUT2D eigenvalue weighted by Gasteiger charge is 2.25. The number of unbranched alkanes of at least 4 members (excludes halogenated alkanes) is 1. The normalized spacial score (nSPS) is 15.9. The molecular formula is C11H19F3N2O. The van der Waals surface area contributed by atoms with Gasteiger partial charge < -0.3 is 10.6 Å². The van der Waals surface area contributed by atoms with Crippen LogP contribution in [0.4, 0.5) is 13.2 Å². The molecule has 2 N–H and O–H groups in total.